The van der Waals surface area contributed by atoms with Gasteiger partial charge in [0, 0.05) is 12.8 Å². The third-order valence-electron chi connectivity index (χ3n) is 6.10. The molecule has 1 fully saturated rings. The summed E-state index contributed by atoms with van der Waals surface area (Å²) in [5.41, 5.74) is 1.82. The van der Waals surface area contributed by atoms with Gasteiger partial charge in [0.1, 0.15) is 35.9 Å². The van der Waals surface area contributed by atoms with E-state index in [9.17, 15) is 38.2 Å². The van der Waals surface area contributed by atoms with E-state index < -0.39 is 47.4 Å². The zero-order valence-electron chi connectivity index (χ0n) is 20.0. The van der Waals surface area contributed by atoms with Gasteiger partial charge in [0.15, 0.2) is 0 Å². The molecule has 2 aromatic carbocycles. The van der Waals surface area contributed by atoms with Crippen LogP contribution in [0.1, 0.15) is 42.9 Å². The average Bonchev–Trinajstić information content (AvgIpc) is 2.83. The van der Waals surface area contributed by atoms with Gasteiger partial charge in [-0.3, -0.25) is 9.35 Å². The second kappa shape index (κ2) is 11.8. The van der Waals surface area contributed by atoms with E-state index in [2.05, 4.69) is 0 Å². The van der Waals surface area contributed by atoms with Gasteiger partial charge >= 0.3 is 0 Å². The molecular formula is C25H32O10S. The number of carbonyl (C=O) groups is 1. The number of aryl methyl sites for hydroxylation is 1. The minimum Gasteiger partial charge on any atom is -0.462 e. The summed E-state index contributed by atoms with van der Waals surface area (Å²) < 4.78 is 43.9. The summed E-state index contributed by atoms with van der Waals surface area (Å²) in [6.07, 6.45) is -6.24. The molecule has 0 spiro atoms. The number of aliphatic hydroxyl groups is 4. The monoisotopic (exact) mass is 524 g/mol. The summed E-state index contributed by atoms with van der Waals surface area (Å²) in [5, 5.41) is 39.1. The highest BCUT2D eigenvalue weighted by molar-refractivity contribution is 7.85. The molecular weight excluding hydrogens is 492 g/mol. The number of rotatable bonds is 10. The lowest BCUT2D eigenvalue weighted by Crippen LogP contribution is -2.60. The molecule has 0 radical (unpaired) electrons. The summed E-state index contributed by atoms with van der Waals surface area (Å²) in [6, 6.07) is 11.3. The highest BCUT2D eigenvalue weighted by atomic mass is 32.2. The van der Waals surface area contributed by atoms with E-state index in [1.807, 2.05) is 13.8 Å². The number of Topliss-reactive ketones (excluding diaryl/α,β-unsaturated/α-hetero) is 1. The van der Waals surface area contributed by atoms with Crippen molar-refractivity contribution in [2.75, 3.05) is 6.61 Å². The Balaban J connectivity index is 1.57. The molecule has 5 atom stereocenters. The van der Waals surface area contributed by atoms with Crippen molar-refractivity contribution in [3.05, 3.63) is 59.2 Å². The molecule has 36 heavy (non-hydrogen) atoms. The number of hydrogen-bond acceptors (Lipinski definition) is 9. The minimum absolute atomic E-state index is 0.0270. The van der Waals surface area contributed by atoms with Crippen molar-refractivity contribution in [2.45, 2.75) is 74.6 Å². The maximum Gasteiger partial charge on any atom is 0.294 e. The van der Waals surface area contributed by atoms with Crippen LogP contribution in [0, 0.1) is 0 Å². The van der Waals surface area contributed by atoms with Crippen LogP contribution >= 0.6 is 0 Å². The Hall–Kier alpha value is -2.38. The van der Waals surface area contributed by atoms with Gasteiger partial charge in [0.05, 0.1) is 11.5 Å². The average molecular weight is 525 g/mol. The van der Waals surface area contributed by atoms with E-state index in [-0.39, 0.29) is 29.4 Å². The number of carbonyl (C=O) groups excluding carboxylic acids is 1. The van der Waals surface area contributed by atoms with Crippen LogP contribution in [-0.4, -0.2) is 76.5 Å². The second-order valence-corrected chi connectivity index (χ2v) is 10.6. The second-order valence-electron chi connectivity index (χ2n) is 9.18. The summed E-state index contributed by atoms with van der Waals surface area (Å²) in [6.45, 7) is 3.07. The van der Waals surface area contributed by atoms with E-state index in [1.54, 1.807) is 36.4 Å². The molecule has 2 aromatic rings. The molecule has 2 unspecified atom stereocenters. The van der Waals surface area contributed by atoms with Crippen molar-refractivity contribution < 1.29 is 47.7 Å². The van der Waals surface area contributed by atoms with Crippen LogP contribution in [0.3, 0.4) is 0 Å². The van der Waals surface area contributed by atoms with Gasteiger partial charge in [0.2, 0.25) is 6.29 Å². The van der Waals surface area contributed by atoms with Crippen molar-refractivity contribution >= 4 is 15.9 Å². The number of benzene rings is 2. The molecule has 0 aliphatic carbocycles. The van der Waals surface area contributed by atoms with E-state index in [4.69, 9.17) is 9.47 Å². The fourth-order valence-corrected chi connectivity index (χ4v) is 4.92. The van der Waals surface area contributed by atoms with Gasteiger partial charge in [-0.1, -0.05) is 38.1 Å². The Morgan fingerprint density at radius 2 is 1.64 bits per heavy atom. The smallest absolute Gasteiger partial charge is 0.294 e. The lowest BCUT2D eigenvalue weighted by atomic mass is 9.98. The molecule has 1 aliphatic heterocycles. The largest absolute Gasteiger partial charge is 0.462 e. The standard InChI is InChI=1S/C25H32O10S/c1-14(2)19-10-6-16(12-21(19)36(31,32)33)11-17(27)7-3-15-4-8-18(9-5-15)34-25-24(30)23(29)22(28)20(13-26)35-25/h4-6,8-10,12,14,20,22-26,28-30H,3,7,11,13H2,1-2H3,(H,31,32,33)/t20?,22-,23-,24?,25+/m0/s1. The molecule has 5 N–H and O–H groups in total. The molecule has 10 nitrogen and oxygen atoms in total. The Morgan fingerprint density at radius 3 is 2.22 bits per heavy atom. The number of ether oxygens (including phenoxy) is 2. The Morgan fingerprint density at radius 1 is 1.00 bits per heavy atom. The van der Waals surface area contributed by atoms with Gasteiger partial charge in [-0.05, 0) is 47.2 Å². The molecule has 0 amide bonds. The first-order valence-electron chi connectivity index (χ1n) is 11.6. The molecule has 0 aromatic heterocycles. The van der Waals surface area contributed by atoms with Crippen LogP contribution in [0.25, 0.3) is 0 Å². The topological polar surface area (TPSA) is 171 Å². The van der Waals surface area contributed by atoms with E-state index in [0.29, 0.717) is 23.3 Å². The minimum atomic E-state index is -4.41. The van der Waals surface area contributed by atoms with Gasteiger partial charge < -0.3 is 29.9 Å². The molecule has 1 heterocycles. The summed E-state index contributed by atoms with van der Waals surface area (Å²) in [4.78, 5) is 12.3. The summed E-state index contributed by atoms with van der Waals surface area (Å²) in [5.74, 6) is 0.104. The van der Waals surface area contributed by atoms with Crippen LogP contribution < -0.4 is 4.74 Å². The lowest BCUT2D eigenvalue weighted by Gasteiger charge is -2.39. The highest BCUT2D eigenvalue weighted by Crippen LogP contribution is 2.26. The van der Waals surface area contributed by atoms with E-state index in [1.165, 1.54) is 6.07 Å². The fourth-order valence-electron chi connectivity index (χ4n) is 4.02. The molecule has 198 valence electrons. The van der Waals surface area contributed by atoms with Gasteiger partial charge in [-0.15, -0.1) is 0 Å². The van der Waals surface area contributed by atoms with Crippen molar-refractivity contribution in [1.29, 1.82) is 0 Å². The molecule has 1 saturated heterocycles. The van der Waals surface area contributed by atoms with Crippen LogP contribution in [0.2, 0.25) is 0 Å². The maximum atomic E-state index is 12.5. The van der Waals surface area contributed by atoms with E-state index >= 15 is 0 Å². The zero-order chi connectivity index (χ0) is 26.6. The quantitative estimate of drug-likeness (QED) is 0.282. The third kappa shape index (κ3) is 6.88. The van der Waals surface area contributed by atoms with Crippen LogP contribution in [0.15, 0.2) is 47.4 Å². The van der Waals surface area contributed by atoms with E-state index in [0.717, 1.165) is 5.56 Å². The number of hydrogen-bond donors (Lipinski definition) is 5. The van der Waals surface area contributed by atoms with Crippen molar-refractivity contribution in [3.63, 3.8) is 0 Å². The predicted octanol–water partition coefficient (Wildman–Crippen LogP) is 0.980. The molecule has 0 bridgehead atoms. The van der Waals surface area contributed by atoms with Crippen molar-refractivity contribution in [1.82, 2.24) is 0 Å². The van der Waals surface area contributed by atoms with Gasteiger partial charge in [-0.2, -0.15) is 8.42 Å². The first-order valence-corrected chi connectivity index (χ1v) is 13.0. The number of aliphatic hydroxyl groups excluding tert-OH is 4. The van der Waals surface area contributed by atoms with Crippen molar-refractivity contribution in [2.24, 2.45) is 0 Å². The molecule has 1 aliphatic rings. The SMILES string of the molecule is CC(C)c1ccc(CC(=O)CCc2ccc(O[C@@H]3OC(CO)[C@H](O)[C@H](O)C3O)cc2)cc1S(=O)(=O)O. The third-order valence-corrected chi connectivity index (χ3v) is 7.01. The summed E-state index contributed by atoms with van der Waals surface area (Å²) >= 11 is 0. The Kier molecular flexibility index (Phi) is 9.23. The van der Waals surface area contributed by atoms with Crippen LogP contribution in [0.4, 0.5) is 0 Å². The van der Waals surface area contributed by atoms with Crippen LogP contribution in [0.5, 0.6) is 5.75 Å². The highest BCUT2D eigenvalue weighted by Gasteiger charge is 2.44. The molecule has 3 rings (SSSR count). The lowest BCUT2D eigenvalue weighted by molar-refractivity contribution is -0.277. The Labute approximate surface area is 209 Å². The van der Waals surface area contributed by atoms with Crippen LogP contribution in [-0.2, 0) is 32.5 Å². The first kappa shape index (κ1) is 28.2. The predicted molar refractivity (Wildman–Crippen MR) is 128 cm³/mol. The molecule has 11 heteroatoms. The number of ketones is 1. The summed E-state index contributed by atoms with van der Waals surface area (Å²) in [7, 11) is -4.41. The maximum absolute atomic E-state index is 12.5. The van der Waals surface area contributed by atoms with Gasteiger partial charge in [-0.25, -0.2) is 0 Å². The first-order chi connectivity index (χ1) is 16.9. The zero-order valence-corrected chi connectivity index (χ0v) is 20.8. The van der Waals surface area contributed by atoms with Crippen molar-refractivity contribution in [3.8, 4) is 5.75 Å². The molecule has 0 saturated carbocycles. The normalized spacial score (nSPS) is 24.6. The fraction of sp³-hybridized carbons (Fsp3) is 0.480. The van der Waals surface area contributed by atoms with Gasteiger partial charge in [0.25, 0.3) is 10.1 Å². The Bertz CT molecular complexity index is 1140.